The zero-order valence-electron chi connectivity index (χ0n) is 8.26. The van der Waals surface area contributed by atoms with Crippen molar-refractivity contribution in [3.63, 3.8) is 0 Å². The molecule has 1 amide bonds. The van der Waals surface area contributed by atoms with Gasteiger partial charge in [0.2, 0.25) is 5.91 Å². The third kappa shape index (κ3) is 4.94. The standard InChI is InChI=1S/C10H19NO/c1-5-8(3)7-9(4)11-10(12)6-2/h6,8-9H,2,5,7H2,1,3-4H3,(H,11,12). The summed E-state index contributed by atoms with van der Waals surface area (Å²) in [6.07, 6.45) is 3.51. The van der Waals surface area contributed by atoms with Crippen LogP contribution in [0, 0.1) is 5.92 Å². The fourth-order valence-corrected chi connectivity index (χ4v) is 1.13. The summed E-state index contributed by atoms with van der Waals surface area (Å²) in [6, 6.07) is 0.255. The lowest BCUT2D eigenvalue weighted by Gasteiger charge is -2.16. The number of hydrogen-bond donors (Lipinski definition) is 1. The molecule has 0 fully saturated rings. The molecule has 70 valence electrons. The summed E-state index contributed by atoms with van der Waals surface area (Å²) in [5.74, 6) is 0.593. The van der Waals surface area contributed by atoms with Crippen LogP contribution in [0.4, 0.5) is 0 Å². The molecule has 0 bridgehead atoms. The Morgan fingerprint density at radius 2 is 2.17 bits per heavy atom. The minimum Gasteiger partial charge on any atom is -0.350 e. The van der Waals surface area contributed by atoms with E-state index in [0.717, 1.165) is 12.8 Å². The molecule has 2 heteroatoms. The minimum absolute atomic E-state index is 0.0780. The summed E-state index contributed by atoms with van der Waals surface area (Å²) in [4.78, 5) is 10.9. The molecule has 2 atom stereocenters. The van der Waals surface area contributed by atoms with Crippen LogP contribution in [0.1, 0.15) is 33.6 Å². The van der Waals surface area contributed by atoms with E-state index in [2.05, 4.69) is 25.7 Å². The molecule has 0 rings (SSSR count). The van der Waals surface area contributed by atoms with Crippen molar-refractivity contribution in [3.05, 3.63) is 12.7 Å². The first-order chi connectivity index (χ1) is 5.60. The molecule has 0 aliphatic carbocycles. The number of hydrogen-bond acceptors (Lipinski definition) is 1. The molecule has 1 N–H and O–H groups in total. The quantitative estimate of drug-likeness (QED) is 0.627. The Morgan fingerprint density at radius 3 is 2.58 bits per heavy atom. The first-order valence-electron chi connectivity index (χ1n) is 4.53. The van der Waals surface area contributed by atoms with Crippen LogP contribution in [0.25, 0.3) is 0 Å². The third-order valence-electron chi connectivity index (χ3n) is 2.03. The van der Waals surface area contributed by atoms with Gasteiger partial charge < -0.3 is 5.32 Å². The number of carbonyl (C=O) groups excluding carboxylic acids is 1. The molecule has 0 aliphatic rings. The van der Waals surface area contributed by atoms with Crippen molar-refractivity contribution >= 4 is 5.91 Å². The van der Waals surface area contributed by atoms with E-state index in [1.165, 1.54) is 6.08 Å². The second-order valence-electron chi connectivity index (χ2n) is 3.36. The summed E-state index contributed by atoms with van der Waals surface area (Å²) in [5.41, 5.74) is 0. The topological polar surface area (TPSA) is 29.1 Å². The van der Waals surface area contributed by atoms with E-state index in [1.807, 2.05) is 6.92 Å². The maximum absolute atomic E-state index is 10.9. The molecule has 0 aromatic carbocycles. The van der Waals surface area contributed by atoms with E-state index < -0.39 is 0 Å². The minimum atomic E-state index is -0.0780. The van der Waals surface area contributed by atoms with Crippen LogP contribution < -0.4 is 5.32 Å². The lowest BCUT2D eigenvalue weighted by molar-refractivity contribution is -0.117. The van der Waals surface area contributed by atoms with Gasteiger partial charge in [-0.2, -0.15) is 0 Å². The van der Waals surface area contributed by atoms with Gasteiger partial charge in [-0.05, 0) is 25.3 Å². The van der Waals surface area contributed by atoms with Gasteiger partial charge in [0.05, 0.1) is 0 Å². The molecule has 0 aromatic heterocycles. The second-order valence-corrected chi connectivity index (χ2v) is 3.36. The van der Waals surface area contributed by atoms with Gasteiger partial charge in [0.15, 0.2) is 0 Å². The molecule has 2 nitrogen and oxygen atoms in total. The predicted octanol–water partition coefficient (Wildman–Crippen LogP) is 2.11. The van der Waals surface area contributed by atoms with Crippen molar-refractivity contribution in [1.82, 2.24) is 5.32 Å². The third-order valence-corrected chi connectivity index (χ3v) is 2.03. The average molecular weight is 169 g/mol. The summed E-state index contributed by atoms with van der Waals surface area (Å²) < 4.78 is 0. The van der Waals surface area contributed by atoms with Gasteiger partial charge >= 0.3 is 0 Å². The van der Waals surface area contributed by atoms with Gasteiger partial charge in [0.25, 0.3) is 0 Å². The molecular weight excluding hydrogens is 150 g/mol. The van der Waals surface area contributed by atoms with E-state index in [4.69, 9.17) is 0 Å². The van der Waals surface area contributed by atoms with Crippen LogP contribution in [-0.2, 0) is 4.79 Å². The van der Waals surface area contributed by atoms with Crippen LogP contribution >= 0.6 is 0 Å². The van der Waals surface area contributed by atoms with E-state index >= 15 is 0 Å². The Morgan fingerprint density at radius 1 is 1.58 bits per heavy atom. The number of nitrogens with one attached hydrogen (secondary N) is 1. The molecule has 0 aliphatic heterocycles. The van der Waals surface area contributed by atoms with E-state index in [-0.39, 0.29) is 11.9 Å². The molecule has 0 heterocycles. The fourth-order valence-electron chi connectivity index (χ4n) is 1.13. The van der Waals surface area contributed by atoms with Gasteiger partial charge in [-0.25, -0.2) is 0 Å². The van der Waals surface area contributed by atoms with Crippen LogP contribution in [0.15, 0.2) is 12.7 Å². The van der Waals surface area contributed by atoms with Gasteiger partial charge in [-0.3, -0.25) is 4.79 Å². The maximum atomic E-state index is 10.9. The average Bonchev–Trinajstić information content (AvgIpc) is 2.03. The van der Waals surface area contributed by atoms with Crippen molar-refractivity contribution < 1.29 is 4.79 Å². The molecule has 0 radical (unpaired) electrons. The smallest absolute Gasteiger partial charge is 0.243 e. The normalized spacial score (nSPS) is 14.9. The Balaban J connectivity index is 3.65. The Labute approximate surface area is 75.0 Å². The fraction of sp³-hybridized carbons (Fsp3) is 0.700. The molecule has 12 heavy (non-hydrogen) atoms. The monoisotopic (exact) mass is 169 g/mol. The van der Waals surface area contributed by atoms with Gasteiger partial charge in [-0.1, -0.05) is 26.8 Å². The molecule has 2 unspecified atom stereocenters. The number of carbonyl (C=O) groups is 1. The van der Waals surface area contributed by atoms with Crippen LogP contribution in [0.3, 0.4) is 0 Å². The maximum Gasteiger partial charge on any atom is 0.243 e. The summed E-state index contributed by atoms with van der Waals surface area (Å²) in [5, 5.41) is 2.84. The highest BCUT2D eigenvalue weighted by molar-refractivity contribution is 5.87. The van der Waals surface area contributed by atoms with Crippen molar-refractivity contribution in [1.29, 1.82) is 0 Å². The highest BCUT2D eigenvalue weighted by atomic mass is 16.1. The van der Waals surface area contributed by atoms with E-state index in [1.54, 1.807) is 0 Å². The first-order valence-corrected chi connectivity index (χ1v) is 4.53. The number of rotatable bonds is 5. The Bertz CT molecular complexity index is 154. The van der Waals surface area contributed by atoms with Crippen molar-refractivity contribution in [2.75, 3.05) is 0 Å². The zero-order valence-corrected chi connectivity index (χ0v) is 8.26. The first kappa shape index (κ1) is 11.2. The molecule has 0 saturated carbocycles. The molecular formula is C10H19NO. The number of amides is 1. The highest BCUT2D eigenvalue weighted by Gasteiger charge is 2.07. The van der Waals surface area contributed by atoms with Crippen LogP contribution in [-0.4, -0.2) is 11.9 Å². The highest BCUT2D eigenvalue weighted by Crippen LogP contribution is 2.08. The molecule has 0 saturated heterocycles. The molecule has 0 aromatic rings. The van der Waals surface area contributed by atoms with Crippen molar-refractivity contribution in [2.45, 2.75) is 39.7 Å². The predicted molar refractivity (Wildman–Crippen MR) is 51.9 cm³/mol. The summed E-state index contributed by atoms with van der Waals surface area (Å²) in [7, 11) is 0. The molecule has 0 spiro atoms. The lowest BCUT2D eigenvalue weighted by atomic mass is 10.0. The van der Waals surface area contributed by atoms with Crippen molar-refractivity contribution in [3.8, 4) is 0 Å². The largest absolute Gasteiger partial charge is 0.350 e. The van der Waals surface area contributed by atoms with E-state index in [9.17, 15) is 4.79 Å². The summed E-state index contributed by atoms with van der Waals surface area (Å²) >= 11 is 0. The SMILES string of the molecule is C=CC(=O)NC(C)CC(C)CC. The van der Waals surface area contributed by atoms with Crippen molar-refractivity contribution in [2.24, 2.45) is 5.92 Å². The lowest BCUT2D eigenvalue weighted by Crippen LogP contribution is -2.32. The Kier molecular flexibility index (Phi) is 5.43. The van der Waals surface area contributed by atoms with Crippen LogP contribution in [0.2, 0.25) is 0 Å². The summed E-state index contributed by atoms with van der Waals surface area (Å²) in [6.45, 7) is 9.77. The van der Waals surface area contributed by atoms with Gasteiger partial charge in [0.1, 0.15) is 0 Å². The van der Waals surface area contributed by atoms with Crippen LogP contribution in [0.5, 0.6) is 0 Å². The second kappa shape index (κ2) is 5.81. The van der Waals surface area contributed by atoms with Gasteiger partial charge in [0, 0.05) is 6.04 Å². The Hall–Kier alpha value is -0.790. The van der Waals surface area contributed by atoms with Gasteiger partial charge in [-0.15, -0.1) is 0 Å². The zero-order chi connectivity index (χ0) is 9.56. The van der Waals surface area contributed by atoms with E-state index in [0.29, 0.717) is 5.92 Å².